The molecule has 1 N–H and O–H groups in total. The molecule has 0 saturated carbocycles. The quantitative estimate of drug-likeness (QED) is 0.626. The largest absolute Gasteiger partial charge is 0.354 e. The van der Waals surface area contributed by atoms with Crippen LogP contribution >= 0.6 is 0 Å². The highest BCUT2D eigenvalue weighted by Gasteiger charge is 1.97. The predicted octanol–water partition coefficient (Wildman–Crippen LogP) is 3.01. The van der Waals surface area contributed by atoms with Crippen molar-refractivity contribution in [1.29, 1.82) is 0 Å². The maximum Gasteiger partial charge on any atom is 0.223 e. The van der Waals surface area contributed by atoms with E-state index in [4.69, 9.17) is 0 Å². The van der Waals surface area contributed by atoms with Crippen LogP contribution in [0.1, 0.15) is 13.3 Å². The molecule has 0 radical (unpaired) electrons. The summed E-state index contributed by atoms with van der Waals surface area (Å²) in [7, 11) is 0. The van der Waals surface area contributed by atoms with Gasteiger partial charge in [-0.15, -0.1) is 0 Å². The number of allylic oxidation sites excluding steroid dienone is 1. The molecule has 0 saturated heterocycles. The number of hydrogen-bond donors (Lipinski definition) is 1. The summed E-state index contributed by atoms with van der Waals surface area (Å²) in [6.45, 7) is 2.88. The normalized spacial score (nSPS) is 11.1. The van der Waals surface area contributed by atoms with Crippen LogP contribution < -0.4 is 5.32 Å². The SMILES string of the molecule is C/C=C/CCNc1ncc2ccccc2n1. The molecule has 0 bridgehead atoms. The molecule has 0 atom stereocenters. The van der Waals surface area contributed by atoms with E-state index in [1.165, 1.54) is 0 Å². The fourth-order valence-corrected chi connectivity index (χ4v) is 1.49. The van der Waals surface area contributed by atoms with Crippen LogP contribution in [0.2, 0.25) is 0 Å². The molecule has 2 aromatic rings. The van der Waals surface area contributed by atoms with E-state index < -0.39 is 0 Å². The Balaban J connectivity index is 2.07. The van der Waals surface area contributed by atoms with Crippen molar-refractivity contribution >= 4 is 16.9 Å². The molecule has 0 aliphatic rings. The van der Waals surface area contributed by atoms with Crippen LogP contribution in [0.25, 0.3) is 10.9 Å². The van der Waals surface area contributed by atoms with E-state index in [9.17, 15) is 0 Å². The van der Waals surface area contributed by atoms with Crippen molar-refractivity contribution in [2.75, 3.05) is 11.9 Å². The minimum atomic E-state index is 0.697. The van der Waals surface area contributed by atoms with Crippen LogP contribution in [-0.4, -0.2) is 16.5 Å². The molecule has 0 aliphatic carbocycles. The van der Waals surface area contributed by atoms with E-state index in [-0.39, 0.29) is 0 Å². The molecule has 3 heteroatoms. The molecule has 0 fully saturated rings. The molecule has 1 heterocycles. The number of anilines is 1. The Labute approximate surface area is 95.2 Å². The fourth-order valence-electron chi connectivity index (χ4n) is 1.49. The van der Waals surface area contributed by atoms with Gasteiger partial charge >= 0.3 is 0 Å². The third-order valence-corrected chi connectivity index (χ3v) is 2.32. The van der Waals surface area contributed by atoms with Gasteiger partial charge in [-0.1, -0.05) is 30.4 Å². The average molecular weight is 213 g/mol. The maximum atomic E-state index is 4.43. The van der Waals surface area contributed by atoms with Gasteiger partial charge in [0, 0.05) is 18.1 Å². The van der Waals surface area contributed by atoms with Gasteiger partial charge in [0.2, 0.25) is 5.95 Å². The van der Waals surface area contributed by atoms with Crippen molar-refractivity contribution in [3.8, 4) is 0 Å². The highest BCUT2D eigenvalue weighted by atomic mass is 15.1. The number of nitrogens with zero attached hydrogens (tertiary/aromatic N) is 2. The molecule has 16 heavy (non-hydrogen) atoms. The summed E-state index contributed by atoms with van der Waals surface area (Å²) in [6, 6.07) is 7.98. The van der Waals surface area contributed by atoms with E-state index in [1.807, 2.05) is 43.5 Å². The first-order valence-corrected chi connectivity index (χ1v) is 5.47. The molecule has 0 unspecified atom stereocenters. The number of rotatable bonds is 4. The Morgan fingerprint density at radius 2 is 2.19 bits per heavy atom. The van der Waals surface area contributed by atoms with Crippen molar-refractivity contribution in [2.45, 2.75) is 13.3 Å². The molecule has 82 valence electrons. The molecule has 1 aromatic heterocycles. The number of aromatic nitrogens is 2. The van der Waals surface area contributed by atoms with Crippen molar-refractivity contribution in [3.63, 3.8) is 0 Å². The summed E-state index contributed by atoms with van der Waals surface area (Å²) in [5.74, 6) is 0.697. The third kappa shape index (κ3) is 2.57. The Morgan fingerprint density at radius 1 is 1.31 bits per heavy atom. The fraction of sp³-hybridized carbons (Fsp3) is 0.231. The van der Waals surface area contributed by atoms with Gasteiger partial charge < -0.3 is 5.32 Å². The molecule has 2 rings (SSSR count). The van der Waals surface area contributed by atoms with Crippen LogP contribution in [0.5, 0.6) is 0 Å². The molecule has 0 amide bonds. The molecule has 0 aliphatic heterocycles. The molecule has 3 nitrogen and oxygen atoms in total. The average Bonchev–Trinajstić information content (AvgIpc) is 2.34. The zero-order valence-corrected chi connectivity index (χ0v) is 9.35. The number of fused-ring (bicyclic) bond motifs is 1. The summed E-state index contributed by atoms with van der Waals surface area (Å²) in [5, 5.41) is 4.27. The van der Waals surface area contributed by atoms with Gasteiger partial charge in [-0.05, 0) is 19.4 Å². The second-order valence-corrected chi connectivity index (χ2v) is 3.54. The monoisotopic (exact) mass is 213 g/mol. The summed E-state index contributed by atoms with van der Waals surface area (Å²) < 4.78 is 0. The first-order valence-electron chi connectivity index (χ1n) is 5.47. The lowest BCUT2D eigenvalue weighted by atomic mass is 10.2. The lowest BCUT2D eigenvalue weighted by Gasteiger charge is -2.03. The summed E-state index contributed by atoms with van der Waals surface area (Å²) in [6.07, 6.45) is 7.00. The van der Waals surface area contributed by atoms with Gasteiger partial charge in [0.05, 0.1) is 5.52 Å². The number of benzene rings is 1. The van der Waals surface area contributed by atoms with Crippen LogP contribution in [0.3, 0.4) is 0 Å². The zero-order chi connectivity index (χ0) is 11.2. The molecular formula is C13H15N3. The van der Waals surface area contributed by atoms with Crippen molar-refractivity contribution in [1.82, 2.24) is 9.97 Å². The van der Waals surface area contributed by atoms with Crippen LogP contribution in [-0.2, 0) is 0 Å². The van der Waals surface area contributed by atoms with Gasteiger partial charge in [-0.3, -0.25) is 0 Å². The van der Waals surface area contributed by atoms with Crippen LogP contribution in [0.15, 0.2) is 42.6 Å². The number of hydrogen-bond acceptors (Lipinski definition) is 3. The molecule has 1 aromatic carbocycles. The Hall–Kier alpha value is -1.90. The van der Waals surface area contributed by atoms with Crippen molar-refractivity contribution in [3.05, 3.63) is 42.6 Å². The Bertz CT molecular complexity index is 491. The van der Waals surface area contributed by atoms with Crippen molar-refractivity contribution in [2.24, 2.45) is 0 Å². The van der Waals surface area contributed by atoms with Crippen LogP contribution in [0.4, 0.5) is 5.95 Å². The Morgan fingerprint density at radius 3 is 3.06 bits per heavy atom. The number of nitrogens with one attached hydrogen (secondary N) is 1. The number of para-hydroxylation sites is 1. The third-order valence-electron chi connectivity index (χ3n) is 2.32. The van der Waals surface area contributed by atoms with Gasteiger partial charge in [-0.25, -0.2) is 9.97 Å². The minimum Gasteiger partial charge on any atom is -0.354 e. The standard InChI is InChI=1S/C13H15N3/c1-2-3-6-9-14-13-15-10-11-7-4-5-8-12(11)16-13/h2-5,7-8,10H,6,9H2,1H3,(H,14,15,16)/b3-2+. The van der Waals surface area contributed by atoms with E-state index in [0.717, 1.165) is 23.9 Å². The first-order chi connectivity index (χ1) is 7.90. The second-order valence-electron chi connectivity index (χ2n) is 3.54. The van der Waals surface area contributed by atoms with E-state index >= 15 is 0 Å². The predicted molar refractivity (Wildman–Crippen MR) is 67.5 cm³/mol. The highest BCUT2D eigenvalue weighted by Crippen LogP contribution is 2.11. The van der Waals surface area contributed by atoms with Gasteiger partial charge in [0.25, 0.3) is 0 Å². The summed E-state index contributed by atoms with van der Waals surface area (Å²) in [4.78, 5) is 8.68. The van der Waals surface area contributed by atoms with E-state index in [2.05, 4.69) is 21.4 Å². The van der Waals surface area contributed by atoms with E-state index in [1.54, 1.807) is 0 Å². The van der Waals surface area contributed by atoms with Gasteiger partial charge in [0.15, 0.2) is 0 Å². The van der Waals surface area contributed by atoms with Gasteiger partial charge in [-0.2, -0.15) is 0 Å². The first kappa shape index (κ1) is 10.6. The lowest BCUT2D eigenvalue weighted by molar-refractivity contribution is 1.02. The zero-order valence-electron chi connectivity index (χ0n) is 9.35. The highest BCUT2D eigenvalue weighted by molar-refractivity contribution is 5.78. The summed E-state index contributed by atoms with van der Waals surface area (Å²) >= 11 is 0. The van der Waals surface area contributed by atoms with E-state index in [0.29, 0.717) is 5.95 Å². The minimum absolute atomic E-state index is 0.697. The Kier molecular flexibility index (Phi) is 3.49. The maximum absolute atomic E-state index is 4.43. The van der Waals surface area contributed by atoms with Crippen LogP contribution in [0, 0.1) is 0 Å². The molecule has 0 spiro atoms. The second kappa shape index (κ2) is 5.26. The summed E-state index contributed by atoms with van der Waals surface area (Å²) in [5.41, 5.74) is 0.978. The van der Waals surface area contributed by atoms with Gasteiger partial charge in [0.1, 0.15) is 0 Å². The lowest BCUT2D eigenvalue weighted by Crippen LogP contribution is -2.04. The smallest absolute Gasteiger partial charge is 0.223 e. The topological polar surface area (TPSA) is 37.8 Å². The van der Waals surface area contributed by atoms with Crippen molar-refractivity contribution < 1.29 is 0 Å². The molecular weight excluding hydrogens is 198 g/mol.